The molecule has 2 aromatic carbocycles. The van der Waals surface area contributed by atoms with Crippen molar-refractivity contribution in [3.05, 3.63) is 89.0 Å². The standard InChI is InChI=1S/C20H22N4O/c1-14-5-3-4-6-17(14)18(19-22-11-12-24(19)2)23-20(25)16-9-7-15(13-21)8-10-16/h3-12,18H,13,21H2,1-2H3,(H,23,25). The molecule has 0 aliphatic heterocycles. The van der Waals surface area contributed by atoms with Gasteiger partial charge in [-0.1, -0.05) is 36.4 Å². The number of nitrogens with zero attached hydrogens (tertiary/aromatic N) is 2. The van der Waals surface area contributed by atoms with Crippen LogP contribution in [0.25, 0.3) is 0 Å². The average molecular weight is 334 g/mol. The molecule has 0 aliphatic rings. The van der Waals surface area contributed by atoms with Crippen molar-refractivity contribution in [2.24, 2.45) is 12.8 Å². The van der Waals surface area contributed by atoms with Gasteiger partial charge in [0.05, 0.1) is 0 Å². The second-order valence-electron chi connectivity index (χ2n) is 6.06. The molecule has 1 unspecified atom stereocenters. The topological polar surface area (TPSA) is 72.9 Å². The van der Waals surface area contributed by atoms with Gasteiger partial charge in [-0.3, -0.25) is 4.79 Å². The molecule has 3 rings (SSSR count). The summed E-state index contributed by atoms with van der Waals surface area (Å²) in [6.45, 7) is 2.49. The van der Waals surface area contributed by atoms with E-state index in [-0.39, 0.29) is 11.9 Å². The first-order valence-electron chi connectivity index (χ1n) is 8.22. The van der Waals surface area contributed by atoms with E-state index in [0.29, 0.717) is 12.1 Å². The van der Waals surface area contributed by atoms with Crippen molar-refractivity contribution < 1.29 is 4.79 Å². The molecule has 0 radical (unpaired) electrons. The lowest BCUT2D eigenvalue weighted by Crippen LogP contribution is -2.31. The number of amides is 1. The summed E-state index contributed by atoms with van der Waals surface area (Å²) in [5.74, 6) is 0.654. The Morgan fingerprint density at radius 3 is 2.52 bits per heavy atom. The zero-order valence-corrected chi connectivity index (χ0v) is 14.4. The quantitative estimate of drug-likeness (QED) is 0.753. The maximum atomic E-state index is 12.8. The van der Waals surface area contributed by atoms with Crippen molar-refractivity contribution in [1.82, 2.24) is 14.9 Å². The number of nitrogens with two attached hydrogens (primary N) is 1. The number of aromatic nitrogens is 2. The highest BCUT2D eigenvalue weighted by Gasteiger charge is 2.22. The molecular formula is C20H22N4O. The Hall–Kier alpha value is -2.92. The molecule has 3 N–H and O–H groups in total. The number of carbonyl (C=O) groups excluding carboxylic acids is 1. The SMILES string of the molecule is Cc1ccccc1C(NC(=O)c1ccc(CN)cc1)c1nccn1C. The highest BCUT2D eigenvalue weighted by molar-refractivity contribution is 5.94. The molecule has 0 spiro atoms. The molecule has 128 valence electrons. The smallest absolute Gasteiger partial charge is 0.252 e. The third-order valence-electron chi connectivity index (χ3n) is 4.34. The molecule has 1 amide bonds. The Labute approximate surface area is 147 Å². The Morgan fingerprint density at radius 1 is 1.20 bits per heavy atom. The Kier molecular flexibility index (Phi) is 4.95. The Bertz CT molecular complexity index is 867. The van der Waals surface area contributed by atoms with Gasteiger partial charge >= 0.3 is 0 Å². The summed E-state index contributed by atoms with van der Waals surface area (Å²) in [4.78, 5) is 17.2. The molecule has 5 heteroatoms. The van der Waals surface area contributed by atoms with Gasteiger partial charge in [-0.15, -0.1) is 0 Å². The maximum Gasteiger partial charge on any atom is 0.252 e. The van der Waals surface area contributed by atoms with Crippen LogP contribution in [0.5, 0.6) is 0 Å². The van der Waals surface area contributed by atoms with Gasteiger partial charge in [0.1, 0.15) is 11.9 Å². The fourth-order valence-corrected chi connectivity index (χ4v) is 2.85. The summed E-state index contributed by atoms with van der Waals surface area (Å²) in [7, 11) is 1.93. The fourth-order valence-electron chi connectivity index (χ4n) is 2.85. The predicted octanol–water partition coefficient (Wildman–Crippen LogP) is 2.71. The lowest BCUT2D eigenvalue weighted by molar-refractivity contribution is 0.0941. The maximum absolute atomic E-state index is 12.8. The second kappa shape index (κ2) is 7.32. The van der Waals surface area contributed by atoms with Crippen LogP contribution in [0.15, 0.2) is 60.9 Å². The average Bonchev–Trinajstić information content (AvgIpc) is 3.06. The van der Waals surface area contributed by atoms with Crippen molar-refractivity contribution in [2.75, 3.05) is 0 Å². The van der Waals surface area contributed by atoms with E-state index in [2.05, 4.69) is 10.3 Å². The number of rotatable bonds is 5. The number of hydrogen-bond donors (Lipinski definition) is 2. The lowest BCUT2D eigenvalue weighted by atomic mass is 10.00. The van der Waals surface area contributed by atoms with Crippen LogP contribution >= 0.6 is 0 Å². The van der Waals surface area contributed by atoms with Crippen molar-refractivity contribution in [3.8, 4) is 0 Å². The summed E-state index contributed by atoms with van der Waals surface area (Å²) < 4.78 is 1.93. The van der Waals surface area contributed by atoms with Crippen LogP contribution in [-0.4, -0.2) is 15.5 Å². The molecule has 1 atom stereocenters. The molecule has 0 saturated carbocycles. The zero-order chi connectivity index (χ0) is 17.8. The minimum absolute atomic E-state index is 0.139. The van der Waals surface area contributed by atoms with Crippen molar-refractivity contribution >= 4 is 5.91 Å². The van der Waals surface area contributed by atoms with Crippen LogP contribution in [0.2, 0.25) is 0 Å². The normalized spacial score (nSPS) is 12.0. The molecule has 1 aromatic heterocycles. The van der Waals surface area contributed by atoms with Gasteiger partial charge in [-0.05, 0) is 35.7 Å². The van der Waals surface area contributed by atoms with Crippen molar-refractivity contribution in [3.63, 3.8) is 0 Å². The molecular weight excluding hydrogens is 312 g/mol. The molecule has 0 aliphatic carbocycles. The van der Waals surface area contributed by atoms with Gasteiger partial charge in [-0.25, -0.2) is 4.98 Å². The van der Waals surface area contributed by atoms with E-state index in [4.69, 9.17) is 5.73 Å². The molecule has 0 fully saturated rings. The molecule has 25 heavy (non-hydrogen) atoms. The van der Waals surface area contributed by atoms with Crippen LogP contribution in [0, 0.1) is 6.92 Å². The summed E-state index contributed by atoms with van der Waals surface area (Å²) >= 11 is 0. The predicted molar refractivity (Wildman–Crippen MR) is 98.0 cm³/mol. The first-order valence-corrected chi connectivity index (χ1v) is 8.22. The molecule has 5 nitrogen and oxygen atoms in total. The van der Waals surface area contributed by atoms with E-state index in [0.717, 1.165) is 22.5 Å². The van der Waals surface area contributed by atoms with Crippen molar-refractivity contribution in [2.45, 2.75) is 19.5 Å². The summed E-state index contributed by atoms with van der Waals surface area (Å²) in [6.07, 6.45) is 3.62. The molecule has 3 aromatic rings. The van der Waals surface area contributed by atoms with E-state index in [1.165, 1.54) is 0 Å². The summed E-state index contributed by atoms with van der Waals surface area (Å²) in [5.41, 5.74) is 9.35. The number of benzene rings is 2. The first kappa shape index (κ1) is 16.9. The van der Waals surface area contributed by atoms with Crippen LogP contribution in [0.3, 0.4) is 0 Å². The van der Waals surface area contributed by atoms with Gasteiger partial charge in [0, 0.05) is 31.5 Å². The van der Waals surface area contributed by atoms with E-state index in [1.54, 1.807) is 18.3 Å². The highest BCUT2D eigenvalue weighted by atomic mass is 16.1. The van der Waals surface area contributed by atoms with Gasteiger partial charge in [0.2, 0.25) is 0 Å². The minimum atomic E-state index is -0.317. The van der Waals surface area contributed by atoms with E-state index in [1.807, 2.05) is 61.1 Å². The van der Waals surface area contributed by atoms with Gasteiger partial charge in [-0.2, -0.15) is 0 Å². The molecule has 0 bridgehead atoms. The van der Waals surface area contributed by atoms with Gasteiger partial charge in [0.15, 0.2) is 0 Å². The number of carbonyl (C=O) groups is 1. The second-order valence-corrected chi connectivity index (χ2v) is 6.06. The monoisotopic (exact) mass is 334 g/mol. The van der Waals surface area contributed by atoms with Crippen LogP contribution in [-0.2, 0) is 13.6 Å². The third-order valence-corrected chi connectivity index (χ3v) is 4.34. The Balaban J connectivity index is 1.94. The van der Waals surface area contributed by atoms with Gasteiger partial charge < -0.3 is 15.6 Å². The number of aryl methyl sites for hydroxylation is 2. The number of imidazole rings is 1. The summed E-state index contributed by atoms with van der Waals surface area (Å²) in [5, 5.41) is 3.12. The minimum Gasteiger partial charge on any atom is -0.338 e. The Morgan fingerprint density at radius 2 is 1.92 bits per heavy atom. The van der Waals surface area contributed by atoms with Crippen LogP contribution in [0.4, 0.5) is 0 Å². The summed E-state index contributed by atoms with van der Waals surface area (Å²) in [6, 6.07) is 15.0. The van der Waals surface area contributed by atoms with Crippen LogP contribution < -0.4 is 11.1 Å². The fraction of sp³-hybridized carbons (Fsp3) is 0.200. The first-order chi connectivity index (χ1) is 12.1. The van der Waals surface area contributed by atoms with Crippen LogP contribution in [0.1, 0.15) is 38.9 Å². The molecule has 0 saturated heterocycles. The lowest BCUT2D eigenvalue weighted by Gasteiger charge is -2.21. The highest BCUT2D eigenvalue weighted by Crippen LogP contribution is 2.24. The largest absolute Gasteiger partial charge is 0.338 e. The number of hydrogen-bond acceptors (Lipinski definition) is 3. The third kappa shape index (κ3) is 3.61. The van der Waals surface area contributed by atoms with Crippen molar-refractivity contribution in [1.29, 1.82) is 0 Å². The molecule has 1 heterocycles. The zero-order valence-electron chi connectivity index (χ0n) is 14.4. The van der Waals surface area contributed by atoms with E-state index in [9.17, 15) is 4.79 Å². The number of nitrogens with one attached hydrogen (secondary N) is 1. The van der Waals surface area contributed by atoms with E-state index < -0.39 is 0 Å². The van der Waals surface area contributed by atoms with Gasteiger partial charge in [0.25, 0.3) is 5.91 Å². The van der Waals surface area contributed by atoms with E-state index >= 15 is 0 Å².